The maximum atomic E-state index is 2.86. The molecule has 82 heavy (non-hydrogen) atoms. The summed E-state index contributed by atoms with van der Waals surface area (Å²) in [7, 11) is 0. The van der Waals surface area contributed by atoms with E-state index in [-0.39, 0.29) is 0 Å². The number of hydrogen-bond donors (Lipinski definition) is 0. The van der Waals surface area contributed by atoms with Crippen LogP contribution in [0.25, 0.3) is 66.0 Å². The molecule has 4 nitrogen and oxygen atoms in total. The van der Waals surface area contributed by atoms with Crippen molar-refractivity contribution in [2.75, 3.05) is 4.90 Å². The van der Waals surface area contributed by atoms with E-state index in [0.717, 1.165) is 56.3 Å². The molecule has 8 aromatic rings. The van der Waals surface area contributed by atoms with Gasteiger partial charge in [0.05, 0.1) is 39.1 Å². The molecular weight excluding hydrogens is 993 g/mol. The number of benzene rings is 4. The van der Waals surface area contributed by atoms with Gasteiger partial charge in [-0.2, -0.15) is 0 Å². The predicted octanol–water partition coefficient (Wildman–Crippen LogP) is 19.1. The lowest BCUT2D eigenvalue weighted by atomic mass is 9.77. The van der Waals surface area contributed by atoms with Crippen LogP contribution in [0.5, 0.6) is 0 Å². The van der Waals surface area contributed by atoms with Crippen LogP contribution in [0, 0.1) is 29.6 Å². The van der Waals surface area contributed by atoms with E-state index in [4.69, 9.17) is 0 Å². The van der Waals surface area contributed by atoms with Gasteiger partial charge in [0, 0.05) is 60.5 Å². The molecule has 416 valence electrons. The fourth-order valence-electron chi connectivity index (χ4n) is 18.8. The highest BCUT2D eigenvalue weighted by atomic mass is 15.2. The fourth-order valence-corrected chi connectivity index (χ4v) is 18.8. The molecule has 0 bridgehead atoms. The zero-order valence-electron chi connectivity index (χ0n) is 48.7. The monoisotopic (exact) mass is 1080 g/mol. The molecule has 0 N–H and O–H groups in total. The number of para-hydroxylation sites is 2. The zero-order chi connectivity index (χ0) is 53.8. The quantitative estimate of drug-likeness (QED) is 0.136. The maximum Gasteiger partial charge on any atom is 0.0597 e. The predicted molar refractivity (Wildman–Crippen MR) is 345 cm³/mol. The van der Waals surface area contributed by atoms with Crippen molar-refractivity contribution in [1.82, 2.24) is 13.7 Å². The Balaban J connectivity index is 0.836. The molecule has 4 saturated carbocycles. The van der Waals surface area contributed by atoms with Crippen molar-refractivity contribution < 1.29 is 0 Å². The standard InChI is InChI=1S/C78H84N4/c1-5-17-51(18-6-1)55-29-37-59(38-30-55)79(60-39-31-56(32-40-60)52-19-7-2-8-20-52)71-47-45-63-67-49-74-68(50-73(67)81-69-27-15-13-25-65(69)75(71)77(63)81)64-46-48-72(76-66-26-14-16-28-70(66)82(74)78(64)76)80(61-41-33-57(34-42-61)53-21-9-3-10-22-53)62-43-35-58(36-44-62)54-23-11-4-12-24-54/h13-16,25-31,33-35,37-41,43-44,49-54,56,58,61H,1-12,17-24,32,36,42,45-48H2. The van der Waals surface area contributed by atoms with Gasteiger partial charge in [-0.3, -0.25) is 0 Å². The van der Waals surface area contributed by atoms with Gasteiger partial charge in [-0.05, 0) is 203 Å². The van der Waals surface area contributed by atoms with E-state index in [0.29, 0.717) is 23.8 Å². The maximum absolute atomic E-state index is 2.86. The first-order valence-corrected chi connectivity index (χ1v) is 33.5. The van der Waals surface area contributed by atoms with Gasteiger partial charge in [0.2, 0.25) is 0 Å². The van der Waals surface area contributed by atoms with E-state index in [1.165, 1.54) is 245 Å². The molecule has 4 heteroatoms. The minimum absolute atomic E-state index is 0.299. The van der Waals surface area contributed by atoms with Gasteiger partial charge in [0.1, 0.15) is 0 Å². The van der Waals surface area contributed by atoms with Crippen molar-refractivity contribution in [3.8, 4) is 0 Å². The summed E-state index contributed by atoms with van der Waals surface area (Å²) in [6.07, 6.45) is 58.7. The Hall–Kier alpha value is -6.52. The van der Waals surface area contributed by atoms with Crippen LogP contribution in [0.2, 0.25) is 0 Å². The minimum Gasteiger partial charge on any atom is -0.337 e. The van der Waals surface area contributed by atoms with E-state index in [1.54, 1.807) is 5.57 Å². The first-order valence-electron chi connectivity index (χ1n) is 33.5. The minimum atomic E-state index is 0.299. The summed E-state index contributed by atoms with van der Waals surface area (Å²) in [5, 5.41) is 8.60. The molecule has 9 aliphatic carbocycles. The third-order valence-corrected chi connectivity index (χ3v) is 22.9. The Morgan fingerprint density at radius 1 is 0.402 bits per heavy atom. The Kier molecular flexibility index (Phi) is 12.6. The summed E-state index contributed by atoms with van der Waals surface area (Å²) in [6.45, 7) is 0. The molecule has 17 rings (SSSR count). The van der Waals surface area contributed by atoms with Crippen molar-refractivity contribution in [3.05, 3.63) is 184 Å². The topological polar surface area (TPSA) is 15.3 Å². The zero-order valence-corrected chi connectivity index (χ0v) is 48.7. The molecule has 0 spiro atoms. The number of nitrogens with zero attached hydrogens (tertiary/aromatic N) is 4. The van der Waals surface area contributed by atoms with Crippen LogP contribution in [-0.2, 0) is 12.8 Å². The Morgan fingerprint density at radius 3 is 1.45 bits per heavy atom. The molecule has 4 aromatic carbocycles. The number of allylic oxidation sites excluding steroid dienone is 8. The number of aromatic nitrogens is 2. The van der Waals surface area contributed by atoms with Crippen molar-refractivity contribution in [1.29, 1.82) is 0 Å². The van der Waals surface area contributed by atoms with Crippen LogP contribution in [0.3, 0.4) is 0 Å². The number of fused-ring (bicyclic) bond motifs is 12. The van der Waals surface area contributed by atoms with Crippen molar-refractivity contribution in [3.63, 3.8) is 0 Å². The van der Waals surface area contributed by atoms with Crippen LogP contribution < -0.4 is 15.3 Å². The highest BCUT2D eigenvalue weighted by molar-refractivity contribution is 6.12. The van der Waals surface area contributed by atoms with Crippen LogP contribution in [0.4, 0.5) is 5.69 Å². The van der Waals surface area contributed by atoms with Crippen LogP contribution in [-0.4, -0.2) is 19.7 Å². The van der Waals surface area contributed by atoms with E-state index in [2.05, 4.69) is 158 Å². The van der Waals surface area contributed by atoms with Crippen molar-refractivity contribution in [2.45, 2.75) is 185 Å². The van der Waals surface area contributed by atoms with Crippen molar-refractivity contribution in [2.24, 2.45) is 29.6 Å². The molecule has 3 unspecified atom stereocenters. The molecule has 0 amide bonds. The normalized spacial score (nSPS) is 24.2. The van der Waals surface area contributed by atoms with Crippen LogP contribution in [0.15, 0.2) is 157 Å². The summed E-state index contributed by atoms with van der Waals surface area (Å²) >= 11 is 0. The number of anilines is 1. The largest absolute Gasteiger partial charge is 0.337 e. The molecule has 3 atom stereocenters. The number of hydrogen-bond acceptors (Lipinski definition) is 2. The second-order valence-corrected chi connectivity index (χ2v) is 27.3. The molecule has 0 radical (unpaired) electrons. The second kappa shape index (κ2) is 20.7. The molecule has 4 fully saturated rings. The van der Waals surface area contributed by atoms with E-state index in [9.17, 15) is 0 Å². The molecule has 4 heterocycles. The van der Waals surface area contributed by atoms with Crippen LogP contribution in [0.1, 0.15) is 183 Å². The van der Waals surface area contributed by atoms with Gasteiger partial charge < -0.3 is 18.6 Å². The molecule has 0 saturated heterocycles. The second-order valence-electron chi connectivity index (χ2n) is 27.3. The van der Waals surface area contributed by atoms with Gasteiger partial charge in [-0.15, -0.1) is 0 Å². The molecule has 4 aromatic heterocycles. The molecular formula is C78H84N4. The lowest BCUT2D eigenvalue weighted by molar-refractivity contribution is 0.283. The smallest absolute Gasteiger partial charge is 0.0597 e. The average Bonchev–Trinajstić information content (AvgIpc) is 2.21. The summed E-state index contributed by atoms with van der Waals surface area (Å²) in [5.74, 6) is 4.42. The third kappa shape index (κ3) is 8.16. The lowest BCUT2D eigenvalue weighted by Crippen LogP contribution is -2.37. The van der Waals surface area contributed by atoms with Gasteiger partial charge in [0.15, 0.2) is 0 Å². The highest BCUT2D eigenvalue weighted by Crippen LogP contribution is 2.46. The Labute approximate surface area is 486 Å². The fraction of sp³-hybridized carbons (Fsp3) is 0.436. The first kappa shape index (κ1) is 50.0. The van der Waals surface area contributed by atoms with E-state index < -0.39 is 0 Å². The SMILES string of the molecule is C1=CC(N(C2=CCC(C3CCCCC3)C=C2)C2=c3c4ccccc4n4c3c(c3cc5c(cc34)c3c4c(c6ccccc6n45)=C(N(C4=CCC(C5CCCCC5)C=C4)c4ccc(C5CCCCC5)cc4)CC3)CC2)CC=C1C1CCCCC1. The van der Waals surface area contributed by atoms with E-state index in [1.807, 2.05) is 0 Å². The average molecular weight is 1080 g/mol. The summed E-state index contributed by atoms with van der Waals surface area (Å²) < 4.78 is 5.44. The van der Waals surface area contributed by atoms with Gasteiger partial charge >= 0.3 is 0 Å². The molecule has 0 aliphatic heterocycles. The summed E-state index contributed by atoms with van der Waals surface area (Å²) in [4.78, 5) is 5.58. The summed E-state index contributed by atoms with van der Waals surface area (Å²) in [6, 6.07) is 34.5. The number of rotatable bonds is 10. The van der Waals surface area contributed by atoms with Gasteiger partial charge in [-0.25, -0.2) is 0 Å². The Morgan fingerprint density at radius 2 is 0.915 bits per heavy atom. The molecule has 9 aliphatic rings. The van der Waals surface area contributed by atoms with Crippen LogP contribution >= 0.6 is 0 Å². The summed E-state index contributed by atoms with van der Waals surface area (Å²) in [5.41, 5.74) is 21.6. The van der Waals surface area contributed by atoms with Crippen molar-refractivity contribution >= 4 is 71.7 Å². The van der Waals surface area contributed by atoms with Gasteiger partial charge in [0.25, 0.3) is 0 Å². The Bertz CT molecular complexity index is 4140. The van der Waals surface area contributed by atoms with E-state index >= 15 is 0 Å². The first-order chi connectivity index (χ1) is 40.7. The number of aryl methyl sites for hydroxylation is 2. The highest BCUT2D eigenvalue weighted by Gasteiger charge is 2.35. The lowest BCUT2D eigenvalue weighted by Gasteiger charge is -2.39. The third-order valence-electron chi connectivity index (χ3n) is 22.9. The van der Waals surface area contributed by atoms with Gasteiger partial charge in [-0.1, -0.05) is 168 Å².